The van der Waals surface area contributed by atoms with Crippen LogP contribution in [0.15, 0.2) is 47.5 Å². The van der Waals surface area contributed by atoms with Gasteiger partial charge in [-0.2, -0.15) is 0 Å². The van der Waals surface area contributed by atoms with E-state index >= 15 is 0 Å². The number of aliphatic hydroxyl groups is 1. The Hall–Kier alpha value is -1.96. The summed E-state index contributed by atoms with van der Waals surface area (Å²) in [7, 11) is 1.69. The first-order valence-electron chi connectivity index (χ1n) is 10.4. The molecule has 1 N–H and O–H groups in total. The van der Waals surface area contributed by atoms with Gasteiger partial charge in [0, 0.05) is 54.2 Å². The quantitative estimate of drug-likeness (QED) is 0.589. The van der Waals surface area contributed by atoms with Gasteiger partial charge in [-0.3, -0.25) is 9.47 Å². The molecule has 9 heteroatoms. The molecule has 2 aliphatic rings. The lowest BCUT2D eigenvalue weighted by molar-refractivity contribution is 0.0818. The van der Waals surface area contributed by atoms with Crippen molar-refractivity contribution in [1.82, 2.24) is 14.0 Å². The van der Waals surface area contributed by atoms with Gasteiger partial charge in [-0.05, 0) is 42.7 Å². The van der Waals surface area contributed by atoms with Gasteiger partial charge in [0.15, 0.2) is 0 Å². The summed E-state index contributed by atoms with van der Waals surface area (Å²) in [6.45, 7) is 1.38. The van der Waals surface area contributed by atoms with E-state index in [1.165, 1.54) is 9.13 Å². The first-order valence-corrected chi connectivity index (χ1v) is 11.6. The van der Waals surface area contributed by atoms with Gasteiger partial charge in [-0.15, -0.1) is 0 Å². The van der Waals surface area contributed by atoms with Crippen molar-refractivity contribution in [3.63, 3.8) is 0 Å². The molecule has 6 nitrogen and oxygen atoms in total. The summed E-state index contributed by atoms with van der Waals surface area (Å²) in [6.07, 6.45) is 4.13. The number of aryl methyl sites for hydroxylation is 1. The Kier molecular flexibility index (Phi) is 5.76. The second-order valence-corrected chi connectivity index (χ2v) is 9.63. The summed E-state index contributed by atoms with van der Waals surface area (Å²) in [5.74, 6) is 0.582. The fraction of sp³-hybridized carbons (Fsp3) is 0.348. The van der Waals surface area contributed by atoms with E-state index in [0.717, 1.165) is 24.1 Å². The molecule has 1 fully saturated rings. The Morgan fingerprint density at radius 2 is 1.91 bits per heavy atom. The van der Waals surface area contributed by atoms with Crippen molar-refractivity contribution in [2.24, 2.45) is 7.05 Å². The van der Waals surface area contributed by atoms with Crippen molar-refractivity contribution in [2.45, 2.75) is 31.1 Å². The lowest BCUT2D eigenvalue weighted by atomic mass is 10.1. The molecule has 2 aromatic carbocycles. The SMILES string of the molecule is Cn1ccn(-c2cc(O[C@H]3c4cc(Cl)cc(Cl)c4C[C@H]3N3CC[C@@H](O)C3)ccc2Cl)c1=O. The number of hydrogen-bond acceptors (Lipinski definition) is 4. The van der Waals surface area contributed by atoms with Gasteiger partial charge in [-0.1, -0.05) is 34.8 Å². The molecule has 1 aliphatic carbocycles. The summed E-state index contributed by atoms with van der Waals surface area (Å²) in [5.41, 5.74) is 2.31. The lowest BCUT2D eigenvalue weighted by Crippen LogP contribution is -2.39. The van der Waals surface area contributed by atoms with Crippen LogP contribution in [0.3, 0.4) is 0 Å². The van der Waals surface area contributed by atoms with E-state index in [2.05, 4.69) is 4.90 Å². The van der Waals surface area contributed by atoms with Crippen molar-refractivity contribution in [2.75, 3.05) is 13.1 Å². The topological polar surface area (TPSA) is 59.6 Å². The number of likely N-dealkylation sites (tertiary alicyclic amines) is 1. The molecule has 0 saturated carbocycles. The lowest BCUT2D eigenvalue weighted by Gasteiger charge is -2.30. The number of halogens is 3. The molecular formula is C23H22Cl3N3O3. The number of hydrogen-bond donors (Lipinski definition) is 1. The third-order valence-corrected chi connectivity index (χ3v) is 7.19. The summed E-state index contributed by atoms with van der Waals surface area (Å²) in [5, 5.41) is 11.7. The van der Waals surface area contributed by atoms with E-state index in [9.17, 15) is 9.90 Å². The van der Waals surface area contributed by atoms with E-state index in [-0.39, 0.29) is 23.9 Å². The molecule has 0 spiro atoms. The average Bonchev–Trinajstić information content (AvgIpc) is 3.42. The maximum atomic E-state index is 12.4. The standard InChI is InChI=1S/C23H22Cl3N3O3/c1-27-6-7-29(23(27)31)20-10-15(2-3-18(20)25)32-22-17-8-13(24)9-19(26)16(17)11-21(22)28-5-4-14(30)12-28/h2-3,6-10,14,21-22,30H,4-5,11-12H2,1H3/t14-,21-,22+/m1/s1. The Morgan fingerprint density at radius 3 is 2.59 bits per heavy atom. The first kappa shape index (κ1) is 21.9. The van der Waals surface area contributed by atoms with Crippen LogP contribution in [0.25, 0.3) is 5.69 Å². The van der Waals surface area contributed by atoms with Crippen LogP contribution in [0.2, 0.25) is 15.1 Å². The number of rotatable bonds is 4. The molecule has 1 saturated heterocycles. The third-order valence-electron chi connectivity index (χ3n) is 6.32. The van der Waals surface area contributed by atoms with Crippen LogP contribution in [0.1, 0.15) is 23.7 Å². The molecule has 5 rings (SSSR count). The van der Waals surface area contributed by atoms with Crippen LogP contribution in [-0.4, -0.2) is 44.4 Å². The van der Waals surface area contributed by atoms with Gasteiger partial charge in [0.25, 0.3) is 0 Å². The minimum atomic E-state index is -0.342. The highest BCUT2D eigenvalue weighted by molar-refractivity contribution is 6.35. The van der Waals surface area contributed by atoms with Crippen molar-refractivity contribution < 1.29 is 9.84 Å². The van der Waals surface area contributed by atoms with Gasteiger partial charge < -0.3 is 14.4 Å². The predicted octanol–water partition coefficient (Wildman–Crippen LogP) is 4.25. The minimum Gasteiger partial charge on any atom is -0.484 e. The smallest absolute Gasteiger partial charge is 0.332 e. The highest BCUT2D eigenvalue weighted by atomic mass is 35.5. The van der Waals surface area contributed by atoms with E-state index in [1.807, 2.05) is 6.07 Å². The Balaban J connectivity index is 1.53. The Bertz CT molecular complexity index is 1240. The number of ether oxygens (including phenoxy) is 1. The number of aromatic nitrogens is 2. The second kappa shape index (κ2) is 8.43. The highest BCUT2D eigenvalue weighted by Gasteiger charge is 2.41. The van der Waals surface area contributed by atoms with Crippen LogP contribution in [0.5, 0.6) is 5.75 Å². The van der Waals surface area contributed by atoms with Crippen LogP contribution >= 0.6 is 34.8 Å². The monoisotopic (exact) mass is 493 g/mol. The molecule has 168 valence electrons. The molecule has 0 bridgehead atoms. The van der Waals surface area contributed by atoms with Crippen LogP contribution in [0.4, 0.5) is 0 Å². The first-order chi connectivity index (χ1) is 15.3. The van der Waals surface area contributed by atoms with Crippen molar-refractivity contribution in [1.29, 1.82) is 0 Å². The fourth-order valence-electron chi connectivity index (χ4n) is 4.69. The van der Waals surface area contributed by atoms with Crippen molar-refractivity contribution in [3.8, 4) is 11.4 Å². The van der Waals surface area contributed by atoms with E-state index in [0.29, 0.717) is 39.5 Å². The zero-order valence-corrected chi connectivity index (χ0v) is 19.6. The zero-order chi connectivity index (χ0) is 22.6. The van der Waals surface area contributed by atoms with E-state index in [4.69, 9.17) is 39.5 Å². The molecule has 0 radical (unpaired) electrons. The largest absolute Gasteiger partial charge is 0.484 e. The van der Waals surface area contributed by atoms with Gasteiger partial charge in [0.1, 0.15) is 11.9 Å². The van der Waals surface area contributed by atoms with Gasteiger partial charge in [-0.25, -0.2) is 4.79 Å². The second-order valence-electron chi connectivity index (χ2n) is 8.38. The third kappa shape index (κ3) is 3.84. The molecular weight excluding hydrogens is 473 g/mol. The van der Waals surface area contributed by atoms with E-state index in [1.54, 1.807) is 43.7 Å². The van der Waals surface area contributed by atoms with Crippen molar-refractivity contribution in [3.05, 3.63) is 79.4 Å². The predicted molar refractivity (Wildman–Crippen MR) is 126 cm³/mol. The molecule has 1 aliphatic heterocycles. The molecule has 2 heterocycles. The summed E-state index contributed by atoms with van der Waals surface area (Å²) in [6, 6.07) is 8.95. The number of fused-ring (bicyclic) bond motifs is 1. The highest BCUT2D eigenvalue weighted by Crippen LogP contribution is 2.43. The summed E-state index contributed by atoms with van der Waals surface area (Å²) < 4.78 is 9.48. The number of benzene rings is 2. The maximum Gasteiger partial charge on any atom is 0.332 e. The average molecular weight is 495 g/mol. The molecule has 1 aromatic heterocycles. The van der Waals surface area contributed by atoms with Crippen LogP contribution in [0, 0.1) is 0 Å². The normalized spacial score (nSPS) is 23.0. The number of imidazole rings is 1. The van der Waals surface area contributed by atoms with Crippen LogP contribution in [-0.2, 0) is 13.5 Å². The molecule has 3 aromatic rings. The minimum absolute atomic E-state index is 0.0108. The summed E-state index contributed by atoms with van der Waals surface area (Å²) >= 11 is 19.2. The van der Waals surface area contributed by atoms with Gasteiger partial charge in [0.05, 0.1) is 22.9 Å². The van der Waals surface area contributed by atoms with E-state index < -0.39 is 0 Å². The molecule has 3 atom stereocenters. The molecule has 0 unspecified atom stereocenters. The van der Waals surface area contributed by atoms with Gasteiger partial charge in [0.2, 0.25) is 0 Å². The van der Waals surface area contributed by atoms with Crippen LogP contribution < -0.4 is 10.4 Å². The van der Waals surface area contributed by atoms with Gasteiger partial charge >= 0.3 is 5.69 Å². The summed E-state index contributed by atoms with van der Waals surface area (Å²) in [4.78, 5) is 14.7. The maximum absolute atomic E-state index is 12.4. The number of β-amino-alcohol motifs (C(OH)–C–C–N with tert-alkyl or cyclic N) is 1. The molecule has 32 heavy (non-hydrogen) atoms. The number of aliphatic hydroxyl groups excluding tert-OH is 1. The Morgan fingerprint density at radius 1 is 1.09 bits per heavy atom. The number of nitrogens with zero attached hydrogens (tertiary/aromatic N) is 3. The van der Waals surface area contributed by atoms with Crippen molar-refractivity contribution >= 4 is 34.8 Å². The fourth-order valence-corrected chi connectivity index (χ4v) is 5.49. The zero-order valence-electron chi connectivity index (χ0n) is 17.3. The molecule has 0 amide bonds. The Labute approximate surface area is 200 Å².